The molecule has 0 aromatic heterocycles. The Morgan fingerprint density at radius 1 is 1.08 bits per heavy atom. The summed E-state index contributed by atoms with van der Waals surface area (Å²) in [6.45, 7) is 0. The van der Waals surface area contributed by atoms with Gasteiger partial charge in [0.15, 0.2) is 6.10 Å². The summed E-state index contributed by atoms with van der Waals surface area (Å²) >= 11 is 0. The molecule has 5 nitrogen and oxygen atoms in total. The van der Waals surface area contributed by atoms with Crippen molar-refractivity contribution in [2.45, 2.75) is 12.5 Å². The maximum absolute atomic E-state index is 9.72. The van der Waals surface area contributed by atoms with Gasteiger partial charge in [-0.15, -0.1) is 0 Å². The molecule has 0 bridgehead atoms. The molecule has 0 spiro atoms. The zero-order valence-corrected chi connectivity index (χ0v) is 16.4. The van der Waals surface area contributed by atoms with Gasteiger partial charge in [-0.3, -0.25) is 4.79 Å². The summed E-state index contributed by atoms with van der Waals surface area (Å²) in [5.41, 5.74) is 0. The number of aliphatic hydroxyl groups is 1. The molecular formula is C4H10Na4O5. The Hall–Kier alpha value is 2.90. The smallest absolute Gasteiger partial charge is 1.00 e. The fourth-order valence-electron chi connectivity index (χ4n) is 0.253. The molecule has 0 saturated heterocycles. The van der Waals surface area contributed by atoms with Gasteiger partial charge in [-0.05, 0) is 0 Å². The number of aliphatic carboxylic acids is 2. The summed E-state index contributed by atoms with van der Waals surface area (Å²) in [6.07, 6.45) is -2.54. The van der Waals surface area contributed by atoms with Crippen LogP contribution in [0, 0.1) is 0 Å². The van der Waals surface area contributed by atoms with Crippen molar-refractivity contribution in [1.29, 1.82) is 0 Å². The molecule has 0 radical (unpaired) electrons. The van der Waals surface area contributed by atoms with Crippen LogP contribution < -0.4 is 118 Å². The standard InChI is InChI=1S/C4H6O5.4Na.4H/c5-2(4(8)9)1-3(6)7;;;;;;;;/h2,5H,1H2,(H,6,7)(H,8,9);;;;;;;;/q;4*+1;4*-1. The van der Waals surface area contributed by atoms with Gasteiger partial charge in [0.25, 0.3) is 0 Å². The van der Waals surface area contributed by atoms with Gasteiger partial charge in [-0.1, -0.05) is 0 Å². The van der Waals surface area contributed by atoms with Crippen LogP contribution in [0.3, 0.4) is 0 Å². The van der Waals surface area contributed by atoms with Crippen molar-refractivity contribution in [3.63, 3.8) is 0 Å². The van der Waals surface area contributed by atoms with Crippen molar-refractivity contribution in [2.75, 3.05) is 0 Å². The first-order chi connectivity index (χ1) is 4.04. The number of hydrogen-bond donors (Lipinski definition) is 3. The molecule has 0 aliphatic heterocycles. The summed E-state index contributed by atoms with van der Waals surface area (Å²) in [5, 5.41) is 24.1. The van der Waals surface area contributed by atoms with E-state index >= 15 is 0 Å². The second-order valence-electron chi connectivity index (χ2n) is 1.45. The van der Waals surface area contributed by atoms with Crippen LogP contribution in [0.1, 0.15) is 12.1 Å². The van der Waals surface area contributed by atoms with Crippen LogP contribution in [0.2, 0.25) is 0 Å². The molecule has 13 heavy (non-hydrogen) atoms. The number of rotatable bonds is 3. The van der Waals surface area contributed by atoms with Crippen LogP contribution in [0.4, 0.5) is 0 Å². The monoisotopic (exact) mass is 230 g/mol. The van der Waals surface area contributed by atoms with E-state index in [1.807, 2.05) is 0 Å². The van der Waals surface area contributed by atoms with Crippen LogP contribution in [0.25, 0.3) is 0 Å². The van der Waals surface area contributed by atoms with Crippen molar-refractivity contribution < 1.29 is 149 Å². The van der Waals surface area contributed by atoms with Crippen LogP contribution in [-0.2, 0) is 9.59 Å². The second kappa shape index (κ2) is 17.3. The molecule has 9 heteroatoms. The molecule has 0 amide bonds. The van der Waals surface area contributed by atoms with Gasteiger partial charge < -0.3 is 21.0 Å². The van der Waals surface area contributed by atoms with E-state index in [9.17, 15) is 9.59 Å². The Kier molecular flexibility index (Phi) is 39.5. The third-order valence-corrected chi connectivity index (χ3v) is 0.653. The molecule has 3 N–H and O–H groups in total. The number of hydrogen-bond acceptors (Lipinski definition) is 3. The molecule has 0 heterocycles. The van der Waals surface area contributed by atoms with Crippen molar-refractivity contribution in [2.24, 2.45) is 0 Å². The largest absolute Gasteiger partial charge is 1.00 e. The normalized spacial score (nSPS) is 8.69. The number of carbonyl (C=O) groups is 2. The Morgan fingerprint density at radius 3 is 1.46 bits per heavy atom. The maximum Gasteiger partial charge on any atom is 1.00 e. The fourth-order valence-corrected chi connectivity index (χ4v) is 0.253. The predicted octanol–water partition coefficient (Wildman–Crippen LogP) is -12.6. The molecule has 0 aliphatic rings. The molecule has 0 rings (SSSR count). The van der Waals surface area contributed by atoms with Gasteiger partial charge >= 0.3 is 130 Å². The van der Waals surface area contributed by atoms with Crippen LogP contribution in [0.5, 0.6) is 0 Å². The van der Waals surface area contributed by atoms with Gasteiger partial charge in [0.2, 0.25) is 0 Å². The molecule has 60 valence electrons. The minimum absolute atomic E-state index is 0. The van der Waals surface area contributed by atoms with Crippen molar-refractivity contribution in [3.8, 4) is 0 Å². The Balaban J connectivity index is -0.0000000114. The molecule has 0 aromatic rings. The summed E-state index contributed by atoms with van der Waals surface area (Å²) < 4.78 is 0. The maximum atomic E-state index is 9.72. The van der Waals surface area contributed by atoms with Crippen molar-refractivity contribution in [1.82, 2.24) is 0 Å². The molecule has 0 saturated carbocycles. The molecule has 0 aromatic carbocycles. The van der Waals surface area contributed by atoms with Crippen molar-refractivity contribution in [3.05, 3.63) is 0 Å². The molecule has 1 atom stereocenters. The Morgan fingerprint density at radius 2 is 1.38 bits per heavy atom. The summed E-state index contributed by atoms with van der Waals surface area (Å²) in [7, 11) is 0. The Labute approximate surface area is 170 Å². The third kappa shape index (κ3) is 20.9. The number of carboxylic acids is 2. The van der Waals surface area contributed by atoms with Crippen molar-refractivity contribution >= 4 is 11.9 Å². The van der Waals surface area contributed by atoms with Crippen LogP contribution >= 0.6 is 0 Å². The van der Waals surface area contributed by atoms with E-state index < -0.39 is 24.5 Å². The first-order valence-electron chi connectivity index (χ1n) is 2.16. The topological polar surface area (TPSA) is 94.8 Å². The summed E-state index contributed by atoms with van der Waals surface area (Å²) in [4.78, 5) is 19.4. The summed E-state index contributed by atoms with van der Waals surface area (Å²) in [6, 6.07) is 0. The molecular weight excluding hydrogens is 220 g/mol. The summed E-state index contributed by atoms with van der Waals surface area (Å²) in [5.74, 6) is -2.85. The molecule has 0 aliphatic carbocycles. The zero-order valence-electron chi connectivity index (χ0n) is 12.4. The minimum atomic E-state index is -1.79. The SMILES string of the molecule is O=C(O)CC(O)C(=O)O.[H-].[H-].[H-].[H-].[Na+].[Na+].[Na+].[Na+]. The predicted molar refractivity (Wildman–Crippen MR) is 30.3 cm³/mol. The molecule has 0 fully saturated rings. The van der Waals surface area contributed by atoms with E-state index in [2.05, 4.69) is 0 Å². The fraction of sp³-hybridized carbons (Fsp3) is 0.500. The number of carboxylic acid groups (broad SMARTS) is 2. The van der Waals surface area contributed by atoms with Gasteiger partial charge in [0, 0.05) is 0 Å². The van der Waals surface area contributed by atoms with Crippen LogP contribution in [0.15, 0.2) is 0 Å². The third-order valence-electron chi connectivity index (χ3n) is 0.653. The van der Waals surface area contributed by atoms with Gasteiger partial charge in [0.1, 0.15) is 0 Å². The minimum Gasteiger partial charge on any atom is -1.00 e. The number of aliphatic hydroxyl groups excluding tert-OH is 1. The first kappa shape index (κ1) is 29.7. The van der Waals surface area contributed by atoms with Gasteiger partial charge in [-0.2, -0.15) is 0 Å². The van der Waals surface area contributed by atoms with E-state index in [1.54, 1.807) is 0 Å². The van der Waals surface area contributed by atoms with E-state index in [0.717, 1.165) is 0 Å². The zero-order chi connectivity index (χ0) is 7.44. The van der Waals surface area contributed by atoms with E-state index in [1.165, 1.54) is 0 Å². The average molecular weight is 230 g/mol. The van der Waals surface area contributed by atoms with Crippen LogP contribution in [-0.4, -0.2) is 33.4 Å². The van der Waals surface area contributed by atoms with Gasteiger partial charge in [-0.25, -0.2) is 4.79 Å². The van der Waals surface area contributed by atoms with E-state index in [0.29, 0.717) is 0 Å². The van der Waals surface area contributed by atoms with E-state index in [4.69, 9.17) is 15.3 Å². The Bertz CT molecular complexity index is 154. The van der Waals surface area contributed by atoms with E-state index in [-0.39, 0.29) is 124 Å². The molecule has 1 unspecified atom stereocenters. The average Bonchev–Trinajstić information content (AvgIpc) is 1.63. The quantitative estimate of drug-likeness (QED) is 0.418. The van der Waals surface area contributed by atoms with Gasteiger partial charge in [0.05, 0.1) is 6.42 Å². The second-order valence-corrected chi connectivity index (χ2v) is 1.45. The first-order valence-corrected chi connectivity index (χ1v) is 2.16.